The fraction of sp³-hybridized carbons (Fsp3) is 0.579. The Morgan fingerprint density at radius 3 is 2.47 bits per heavy atom. The average Bonchev–Trinajstić information content (AvgIpc) is 3.30. The van der Waals surface area contributed by atoms with Crippen LogP contribution >= 0.6 is 0 Å². The van der Waals surface area contributed by atoms with E-state index in [1.54, 1.807) is 0 Å². The molecule has 1 fully saturated rings. The monoisotopic (exact) mass is 499 g/mol. The van der Waals surface area contributed by atoms with Gasteiger partial charge in [0.05, 0.1) is 19.0 Å². The number of fused-ring (bicyclic) bond motifs is 1. The van der Waals surface area contributed by atoms with Gasteiger partial charge in [-0.15, -0.1) is 0 Å². The molecule has 0 aliphatic carbocycles. The van der Waals surface area contributed by atoms with Gasteiger partial charge in [0.15, 0.2) is 11.5 Å². The summed E-state index contributed by atoms with van der Waals surface area (Å²) in [5.41, 5.74) is -3.52. The van der Waals surface area contributed by atoms with Gasteiger partial charge in [-0.2, -0.15) is 31.4 Å². The number of hydrogen-bond donors (Lipinski definition) is 0. The van der Waals surface area contributed by atoms with Gasteiger partial charge in [0.1, 0.15) is 18.0 Å². The Labute approximate surface area is 186 Å². The average molecular weight is 499 g/mol. The van der Waals surface area contributed by atoms with E-state index in [1.165, 1.54) is 0 Å². The Balaban J connectivity index is 1.73. The molecule has 0 bridgehead atoms. The van der Waals surface area contributed by atoms with Crippen molar-refractivity contribution in [2.24, 2.45) is 5.92 Å². The Bertz CT molecular complexity index is 1160. The van der Waals surface area contributed by atoms with Crippen LogP contribution < -0.4 is 5.69 Å². The largest absolute Gasteiger partial charge is 0.436 e. The molecule has 2 aliphatic rings. The fourth-order valence-corrected chi connectivity index (χ4v) is 4.25. The summed E-state index contributed by atoms with van der Waals surface area (Å²) in [5.74, 6) is -5.08. The van der Waals surface area contributed by atoms with Crippen molar-refractivity contribution in [3.8, 4) is 0 Å². The molecule has 4 heterocycles. The van der Waals surface area contributed by atoms with Crippen LogP contribution in [-0.2, 0) is 23.9 Å². The van der Waals surface area contributed by atoms with Crippen LogP contribution in [0.5, 0.6) is 0 Å². The van der Waals surface area contributed by atoms with Crippen LogP contribution in [0, 0.1) is 11.7 Å². The molecule has 15 heteroatoms. The highest BCUT2D eigenvalue weighted by Crippen LogP contribution is 2.39. The van der Waals surface area contributed by atoms with Crippen molar-refractivity contribution in [3.63, 3.8) is 0 Å². The van der Waals surface area contributed by atoms with Gasteiger partial charge in [-0.1, -0.05) is 0 Å². The van der Waals surface area contributed by atoms with Crippen molar-refractivity contribution in [2.75, 3.05) is 13.1 Å². The molecule has 1 saturated heterocycles. The summed E-state index contributed by atoms with van der Waals surface area (Å²) in [6.45, 7) is -1.19. The lowest BCUT2D eigenvalue weighted by Gasteiger charge is -2.32. The van der Waals surface area contributed by atoms with Gasteiger partial charge < -0.3 is 4.90 Å². The summed E-state index contributed by atoms with van der Waals surface area (Å²) in [5, 5.41) is 3.77. The molecule has 2 aromatic heterocycles. The maximum Gasteiger partial charge on any atom is 0.436 e. The molecule has 0 unspecified atom stereocenters. The van der Waals surface area contributed by atoms with Gasteiger partial charge in [-0.05, 0) is 18.9 Å². The number of carbonyl (C=O) groups is 1. The number of nitrogens with zero attached hydrogens (tertiary/aromatic N) is 5. The lowest BCUT2D eigenvalue weighted by Crippen LogP contribution is -2.45. The van der Waals surface area contributed by atoms with Crippen molar-refractivity contribution in [1.82, 2.24) is 24.2 Å². The maximum atomic E-state index is 14.4. The summed E-state index contributed by atoms with van der Waals surface area (Å²) in [6.07, 6.45) is -12.0. The van der Waals surface area contributed by atoms with E-state index in [1.807, 2.05) is 0 Å². The number of alkyl halides is 7. The van der Waals surface area contributed by atoms with Crippen molar-refractivity contribution < 1.29 is 39.9 Å². The minimum Gasteiger partial charge on any atom is -0.338 e. The van der Waals surface area contributed by atoms with Crippen molar-refractivity contribution in [3.05, 3.63) is 45.6 Å². The molecule has 0 spiro atoms. The molecule has 1 amide bonds. The Morgan fingerprint density at radius 1 is 1.18 bits per heavy atom. The van der Waals surface area contributed by atoms with Crippen molar-refractivity contribution in [2.45, 2.75) is 50.4 Å². The number of pyridine rings is 1. The number of halogens is 8. The summed E-state index contributed by atoms with van der Waals surface area (Å²) in [7, 11) is 0. The Kier molecular flexibility index (Phi) is 5.92. The molecule has 2 aliphatic heterocycles. The molecular formula is C19H17F8N5O2. The Hall–Kier alpha value is -3.00. The zero-order chi connectivity index (χ0) is 25.0. The van der Waals surface area contributed by atoms with Crippen LogP contribution in [0.1, 0.15) is 36.0 Å². The molecule has 0 saturated carbocycles. The van der Waals surface area contributed by atoms with Gasteiger partial charge in [0.2, 0.25) is 5.91 Å². The fourth-order valence-electron chi connectivity index (χ4n) is 4.25. The first-order valence-corrected chi connectivity index (χ1v) is 10.2. The predicted molar refractivity (Wildman–Crippen MR) is 97.8 cm³/mol. The van der Waals surface area contributed by atoms with Crippen molar-refractivity contribution >= 4 is 5.91 Å². The molecule has 34 heavy (non-hydrogen) atoms. The van der Waals surface area contributed by atoms with Gasteiger partial charge >= 0.3 is 18.0 Å². The number of aromatic nitrogens is 4. The molecule has 3 atom stereocenters. The number of likely N-dealkylation sites (tertiary alicyclic amines) is 1. The standard InChI is InChI=1S/C19H17F8N5O2/c20-11-2-4-30(8-11)16(33)12-5-10(18(22,23)24)6-13-29-31(17(34)32(12)13)7-9-1-3-28-15(14(9)21)19(25,26)27/h1,3,10-12H,2,4-8H2/t10-,11+,12-/m1/s1. The van der Waals surface area contributed by atoms with Gasteiger partial charge in [0.25, 0.3) is 0 Å². The van der Waals surface area contributed by atoms with E-state index in [9.17, 15) is 44.7 Å². The van der Waals surface area contributed by atoms with Crippen LogP contribution in [-0.4, -0.2) is 55.6 Å². The third-order valence-electron chi connectivity index (χ3n) is 5.94. The van der Waals surface area contributed by atoms with E-state index >= 15 is 0 Å². The molecule has 0 N–H and O–H groups in total. The first-order valence-electron chi connectivity index (χ1n) is 10.2. The third kappa shape index (κ3) is 4.39. The van der Waals surface area contributed by atoms with Crippen LogP contribution in [0.2, 0.25) is 0 Å². The van der Waals surface area contributed by atoms with E-state index in [0.29, 0.717) is 10.9 Å². The minimum absolute atomic E-state index is 0.00500. The number of rotatable bonds is 3. The minimum atomic E-state index is -5.11. The highest BCUT2D eigenvalue weighted by molar-refractivity contribution is 5.81. The predicted octanol–water partition coefficient (Wildman–Crippen LogP) is 2.88. The molecule has 4 rings (SSSR count). The lowest BCUT2D eigenvalue weighted by atomic mass is 9.91. The topological polar surface area (TPSA) is 73.0 Å². The van der Waals surface area contributed by atoms with Crippen LogP contribution in [0.25, 0.3) is 0 Å². The van der Waals surface area contributed by atoms with E-state index in [-0.39, 0.29) is 19.5 Å². The lowest BCUT2D eigenvalue weighted by molar-refractivity contribution is -0.183. The molecule has 2 aromatic rings. The number of hydrogen-bond acceptors (Lipinski definition) is 4. The molecule has 0 radical (unpaired) electrons. The van der Waals surface area contributed by atoms with Gasteiger partial charge in [-0.3, -0.25) is 9.36 Å². The zero-order valence-corrected chi connectivity index (χ0v) is 17.2. The van der Waals surface area contributed by atoms with Gasteiger partial charge in [-0.25, -0.2) is 23.2 Å². The summed E-state index contributed by atoms with van der Waals surface area (Å²) < 4.78 is 108. The molecule has 7 nitrogen and oxygen atoms in total. The summed E-state index contributed by atoms with van der Waals surface area (Å²) in [6, 6.07) is -0.753. The second-order valence-corrected chi connectivity index (χ2v) is 8.22. The molecule has 186 valence electrons. The first kappa shape index (κ1) is 24.1. The highest BCUT2D eigenvalue weighted by Gasteiger charge is 2.48. The number of amides is 1. The maximum absolute atomic E-state index is 14.4. The number of carbonyl (C=O) groups excluding carboxylic acids is 1. The smallest absolute Gasteiger partial charge is 0.338 e. The van der Waals surface area contributed by atoms with Gasteiger partial charge in [0, 0.05) is 24.7 Å². The first-order chi connectivity index (χ1) is 15.8. The summed E-state index contributed by atoms with van der Waals surface area (Å²) >= 11 is 0. The second-order valence-electron chi connectivity index (χ2n) is 8.22. The van der Waals surface area contributed by atoms with E-state index in [0.717, 1.165) is 15.5 Å². The highest BCUT2D eigenvalue weighted by atomic mass is 19.4. The zero-order valence-electron chi connectivity index (χ0n) is 17.2. The quantitative estimate of drug-likeness (QED) is 0.609. The van der Waals surface area contributed by atoms with Crippen LogP contribution in [0.4, 0.5) is 35.1 Å². The second kappa shape index (κ2) is 8.34. The summed E-state index contributed by atoms with van der Waals surface area (Å²) in [4.78, 5) is 29.8. The molecular weight excluding hydrogens is 482 g/mol. The molecule has 0 aromatic carbocycles. The van der Waals surface area contributed by atoms with E-state index in [2.05, 4.69) is 10.1 Å². The Morgan fingerprint density at radius 2 is 1.88 bits per heavy atom. The third-order valence-corrected chi connectivity index (χ3v) is 5.94. The van der Waals surface area contributed by atoms with E-state index in [4.69, 9.17) is 0 Å². The van der Waals surface area contributed by atoms with Crippen LogP contribution in [0.3, 0.4) is 0 Å². The SMILES string of the molecule is O=C([C@H]1C[C@@H](C(F)(F)F)Cc2nn(Cc3ccnc(C(F)(F)F)c3F)c(=O)n21)N1CC[C@H](F)C1. The van der Waals surface area contributed by atoms with Crippen molar-refractivity contribution in [1.29, 1.82) is 0 Å². The van der Waals surface area contributed by atoms with E-state index < -0.39 is 84.4 Å². The van der Waals surface area contributed by atoms with Crippen LogP contribution in [0.15, 0.2) is 17.1 Å². The normalized spacial score (nSPS) is 23.3.